The van der Waals surface area contributed by atoms with Crippen LogP contribution in [0.15, 0.2) is 48.5 Å². The lowest BCUT2D eigenvalue weighted by Crippen LogP contribution is -2.29. The van der Waals surface area contributed by atoms with E-state index in [4.69, 9.17) is 14.8 Å². The number of hydrogen-bond donors (Lipinski definition) is 2. The molecular weight excluding hydrogens is 261 g/mol. The zero-order valence-corrected chi connectivity index (χ0v) is 10.7. The molecule has 0 atom stereocenters. The van der Waals surface area contributed by atoms with Crippen molar-refractivity contribution in [1.82, 2.24) is 4.98 Å². The molecule has 0 fully saturated rings. The zero-order chi connectivity index (χ0) is 13.2. The second-order valence-electron chi connectivity index (χ2n) is 4.00. The van der Waals surface area contributed by atoms with Crippen LogP contribution in [0.5, 0.6) is 10.9 Å². The average Bonchev–Trinajstić information content (AvgIpc) is 2.80. The number of hydrogen-bond acceptors (Lipinski definition) is 5. The number of aromatic nitrogens is 1. The largest absolute Gasteiger partial charge is 0.488 e. The normalized spacial score (nSPS) is 10.6. The predicted molar refractivity (Wildman–Crippen MR) is 76.0 cm³/mol. The lowest BCUT2D eigenvalue weighted by molar-refractivity contribution is 0.426. The Labute approximate surface area is 114 Å². The van der Waals surface area contributed by atoms with Crippen molar-refractivity contribution in [2.75, 3.05) is 0 Å². The first-order valence-electron chi connectivity index (χ1n) is 5.72. The van der Waals surface area contributed by atoms with Gasteiger partial charge in [-0.15, -0.1) is 0 Å². The number of benzene rings is 2. The maximum atomic E-state index is 9.13. The molecule has 3 aromatic rings. The number of rotatable bonds is 3. The topological polar surface area (TPSA) is 62.6 Å². The molecule has 1 heterocycles. The number of ether oxygens (including phenoxy) is 1. The van der Waals surface area contributed by atoms with Gasteiger partial charge in [-0.3, -0.25) is 0 Å². The van der Waals surface area contributed by atoms with Crippen LogP contribution in [0.25, 0.3) is 10.2 Å². The minimum atomic E-state index is -1.47. The number of thiazole rings is 1. The first-order chi connectivity index (χ1) is 9.22. The van der Waals surface area contributed by atoms with Crippen molar-refractivity contribution >= 4 is 34.1 Å². The van der Waals surface area contributed by atoms with Gasteiger partial charge < -0.3 is 14.8 Å². The van der Waals surface area contributed by atoms with E-state index in [-0.39, 0.29) is 0 Å². The van der Waals surface area contributed by atoms with E-state index < -0.39 is 7.12 Å². The molecular formula is C13H10BNO3S. The van der Waals surface area contributed by atoms with Crippen LogP contribution in [0.2, 0.25) is 0 Å². The Bertz CT molecular complexity index is 699. The molecule has 0 saturated heterocycles. The number of fused-ring (bicyclic) bond motifs is 1. The third-order valence-electron chi connectivity index (χ3n) is 2.64. The lowest BCUT2D eigenvalue weighted by atomic mass is 9.80. The van der Waals surface area contributed by atoms with Crippen LogP contribution in [-0.2, 0) is 0 Å². The zero-order valence-electron chi connectivity index (χ0n) is 9.85. The highest BCUT2D eigenvalue weighted by Crippen LogP contribution is 2.30. The van der Waals surface area contributed by atoms with Crippen LogP contribution < -0.4 is 10.2 Å². The molecule has 0 radical (unpaired) electrons. The molecule has 0 spiro atoms. The van der Waals surface area contributed by atoms with Crippen LogP contribution in [0.1, 0.15) is 0 Å². The van der Waals surface area contributed by atoms with E-state index in [1.807, 2.05) is 30.3 Å². The predicted octanol–water partition coefficient (Wildman–Crippen LogP) is 1.77. The molecule has 0 unspecified atom stereocenters. The summed E-state index contributed by atoms with van der Waals surface area (Å²) in [6, 6.07) is 14.5. The summed E-state index contributed by atoms with van der Waals surface area (Å²) in [5, 5.41) is 18.8. The molecule has 0 amide bonds. The van der Waals surface area contributed by atoms with Crippen molar-refractivity contribution in [3.63, 3.8) is 0 Å². The van der Waals surface area contributed by atoms with Crippen LogP contribution >= 0.6 is 11.3 Å². The van der Waals surface area contributed by atoms with Gasteiger partial charge in [0.25, 0.3) is 5.19 Å². The Morgan fingerprint density at radius 2 is 1.84 bits per heavy atom. The van der Waals surface area contributed by atoms with E-state index in [1.54, 1.807) is 18.2 Å². The van der Waals surface area contributed by atoms with Gasteiger partial charge in [-0.2, -0.15) is 0 Å². The quantitative estimate of drug-likeness (QED) is 0.713. The van der Waals surface area contributed by atoms with Crippen molar-refractivity contribution in [3.05, 3.63) is 48.5 Å². The average molecular weight is 271 g/mol. The van der Waals surface area contributed by atoms with Gasteiger partial charge in [-0.1, -0.05) is 35.6 Å². The highest BCUT2D eigenvalue weighted by atomic mass is 32.1. The summed E-state index contributed by atoms with van der Waals surface area (Å²) in [7, 11) is -1.47. The fourth-order valence-corrected chi connectivity index (χ4v) is 2.60. The Morgan fingerprint density at radius 3 is 2.58 bits per heavy atom. The van der Waals surface area contributed by atoms with Gasteiger partial charge in [-0.25, -0.2) is 4.98 Å². The van der Waals surface area contributed by atoms with Crippen LogP contribution in [0.3, 0.4) is 0 Å². The Hall–Kier alpha value is -1.89. The van der Waals surface area contributed by atoms with Gasteiger partial charge in [0, 0.05) is 0 Å². The van der Waals surface area contributed by atoms with Crippen LogP contribution in [0.4, 0.5) is 0 Å². The summed E-state index contributed by atoms with van der Waals surface area (Å²) < 4.78 is 6.50. The summed E-state index contributed by atoms with van der Waals surface area (Å²) in [5.74, 6) is 0.726. The van der Waals surface area contributed by atoms with Crippen molar-refractivity contribution < 1.29 is 14.8 Å². The minimum Gasteiger partial charge on any atom is -0.431 e. The molecule has 0 aliphatic rings. The van der Waals surface area contributed by atoms with Gasteiger partial charge in [-0.05, 0) is 29.7 Å². The summed E-state index contributed by atoms with van der Waals surface area (Å²) in [4.78, 5) is 4.34. The van der Waals surface area contributed by atoms with Gasteiger partial charge in [0.05, 0.1) is 10.2 Å². The third kappa shape index (κ3) is 2.60. The molecule has 94 valence electrons. The van der Waals surface area contributed by atoms with Crippen molar-refractivity contribution in [2.24, 2.45) is 0 Å². The Balaban J connectivity index is 1.93. The van der Waals surface area contributed by atoms with E-state index >= 15 is 0 Å². The maximum absolute atomic E-state index is 9.13. The second kappa shape index (κ2) is 5.01. The molecule has 1 aromatic heterocycles. The standard InChI is InChI=1S/C13H10BNO3S/c16-14(17)9-6-7-11-12(8-9)19-13(15-11)18-10-4-2-1-3-5-10/h1-8,16-17H. The number of nitrogens with zero attached hydrogens (tertiary/aromatic N) is 1. The summed E-state index contributed by atoms with van der Waals surface area (Å²) >= 11 is 1.37. The fourth-order valence-electron chi connectivity index (χ4n) is 1.71. The van der Waals surface area contributed by atoms with E-state index in [1.165, 1.54) is 11.3 Å². The van der Waals surface area contributed by atoms with Crippen molar-refractivity contribution in [3.8, 4) is 10.9 Å². The molecule has 0 bridgehead atoms. The van der Waals surface area contributed by atoms with Crippen LogP contribution in [0, 0.1) is 0 Å². The first-order valence-corrected chi connectivity index (χ1v) is 6.53. The molecule has 0 saturated carbocycles. The molecule has 0 aliphatic carbocycles. The smallest absolute Gasteiger partial charge is 0.431 e. The summed E-state index contributed by atoms with van der Waals surface area (Å²) in [6.45, 7) is 0. The number of para-hydroxylation sites is 1. The summed E-state index contributed by atoms with van der Waals surface area (Å²) in [6.07, 6.45) is 0. The Morgan fingerprint density at radius 1 is 1.05 bits per heavy atom. The third-order valence-corrected chi connectivity index (χ3v) is 3.54. The highest BCUT2D eigenvalue weighted by molar-refractivity contribution is 7.20. The van der Waals surface area contributed by atoms with Gasteiger partial charge in [0.1, 0.15) is 5.75 Å². The molecule has 4 nitrogen and oxygen atoms in total. The van der Waals surface area contributed by atoms with E-state index in [2.05, 4.69) is 4.98 Å². The van der Waals surface area contributed by atoms with Gasteiger partial charge in [0.15, 0.2) is 0 Å². The van der Waals surface area contributed by atoms with Crippen LogP contribution in [-0.4, -0.2) is 22.2 Å². The lowest BCUT2D eigenvalue weighted by Gasteiger charge is -1.98. The maximum Gasteiger partial charge on any atom is 0.488 e. The summed E-state index contributed by atoms with van der Waals surface area (Å²) in [5.41, 5.74) is 1.22. The van der Waals surface area contributed by atoms with E-state index in [0.717, 1.165) is 16.0 Å². The fraction of sp³-hybridized carbons (Fsp3) is 0. The highest BCUT2D eigenvalue weighted by Gasteiger charge is 2.13. The monoisotopic (exact) mass is 271 g/mol. The molecule has 2 aromatic carbocycles. The van der Waals surface area contributed by atoms with Gasteiger partial charge in [0.2, 0.25) is 0 Å². The minimum absolute atomic E-state index is 0.447. The molecule has 3 rings (SSSR count). The van der Waals surface area contributed by atoms with E-state index in [9.17, 15) is 0 Å². The van der Waals surface area contributed by atoms with Gasteiger partial charge >= 0.3 is 7.12 Å². The van der Waals surface area contributed by atoms with Crippen molar-refractivity contribution in [1.29, 1.82) is 0 Å². The second-order valence-corrected chi connectivity index (χ2v) is 4.99. The molecule has 2 N–H and O–H groups in total. The molecule has 0 aliphatic heterocycles. The van der Waals surface area contributed by atoms with E-state index in [0.29, 0.717) is 10.7 Å². The molecule has 6 heteroatoms. The SMILES string of the molecule is OB(O)c1ccc2nc(Oc3ccccc3)sc2c1. The molecule has 19 heavy (non-hydrogen) atoms. The first kappa shape index (κ1) is 12.2. The Kier molecular flexibility index (Phi) is 3.21. The van der Waals surface area contributed by atoms with Crippen molar-refractivity contribution in [2.45, 2.75) is 0 Å².